The fourth-order valence-corrected chi connectivity index (χ4v) is 2.75. The molecule has 0 aliphatic heterocycles. The van der Waals surface area contributed by atoms with Gasteiger partial charge in [-0.2, -0.15) is 0 Å². The second kappa shape index (κ2) is 11.2. The van der Waals surface area contributed by atoms with Crippen LogP contribution < -0.4 is 0 Å². The van der Waals surface area contributed by atoms with Gasteiger partial charge in [0.2, 0.25) is 0 Å². The van der Waals surface area contributed by atoms with Crippen LogP contribution in [0.2, 0.25) is 0 Å². The topological polar surface area (TPSA) is 34.1 Å². The molecule has 0 bridgehead atoms. The Balaban J connectivity index is 2.24. The first-order valence-corrected chi connectivity index (χ1v) is 8.35. The van der Waals surface area contributed by atoms with E-state index in [-0.39, 0.29) is 0 Å². The maximum absolute atomic E-state index is 11.0. The highest BCUT2D eigenvalue weighted by molar-refractivity contribution is 5.85. The Labute approximate surface area is 128 Å². The van der Waals surface area contributed by atoms with Gasteiger partial charge in [-0.15, -0.1) is 0 Å². The second-order valence-electron chi connectivity index (χ2n) is 5.73. The van der Waals surface area contributed by atoms with E-state index in [1.165, 1.54) is 51.4 Å². The highest BCUT2D eigenvalue weighted by atomic mass is 16.1. The number of benzene rings is 1. The lowest BCUT2D eigenvalue weighted by Gasteiger charge is -2.08. The van der Waals surface area contributed by atoms with Crippen LogP contribution in [0.4, 0.5) is 0 Å². The molecule has 0 amide bonds. The average Bonchev–Trinajstić information content (AvgIpc) is 2.53. The van der Waals surface area contributed by atoms with Gasteiger partial charge in [0.15, 0.2) is 0 Å². The fourth-order valence-electron chi connectivity index (χ4n) is 2.75. The van der Waals surface area contributed by atoms with E-state index in [1.54, 1.807) is 18.2 Å². The summed E-state index contributed by atoms with van der Waals surface area (Å²) in [6.07, 6.45) is 14.1. The standard InChI is InChI=1S/C19H28O2/c1-2-3-4-5-6-7-8-9-10-14-19-17(15-20)12-11-13-18(19)16-21/h11-13,15-16H,2-10,14H2,1H3. The van der Waals surface area contributed by atoms with Crippen LogP contribution in [0.15, 0.2) is 18.2 Å². The Bertz CT molecular complexity index is 397. The van der Waals surface area contributed by atoms with Crippen molar-refractivity contribution in [2.45, 2.75) is 71.1 Å². The molecule has 0 fully saturated rings. The summed E-state index contributed by atoms with van der Waals surface area (Å²) >= 11 is 0. The monoisotopic (exact) mass is 288 g/mol. The zero-order valence-electron chi connectivity index (χ0n) is 13.3. The van der Waals surface area contributed by atoms with Gasteiger partial charge in [0.25, 0.3) is 0 Å². The molecular formula is C19H28O2. The molecule has 0 aliphatic carbocycles. The number of carbonyl (C=O) groups excluding carboxylic acids is 2. The van der Waals surface area contributed by atoms with Gasteiger partial charge < -0.3 is 0 Å². The van der Waals surface area contributed by atoms with Crippen LogP contribution in [-0.2, 0) is 6.42 Å². The van der Waals surface area contributed by atoms with E-state index < -0.39 is 0 Å². The fraction of sp³-hybridized carbons (Fsp3) is 0.579. The van der Waals surface area contributed by atoms with E-state index in [1.807, 2.05) is 0 Å². The van der Waals surface area contributed by atoms with Crippen molar-refractivity contribution in [3.8, 4) is 0 Å². The molecule has 1 aromatic carbocycles. The minimum Gasteiger partial charge on any atom is -0.298 e. The van der Waals surface area contributed by atoms with Gasteiger partial charge >= 0.3 is 0 Å². The largest absolute Gasteiger partial charge is 0.298 e. The SMILES string of the molecule is CCCCCCCCCCCc1c(C=O)cccc1C=O. The Morgan fingerprint density at radius 3 is 1.71 bits per heavy atom. The number of hydrogen-bond acceptors (Lipinski definition) is 2. The minimum atomic E-state index is 0.666. The van der Waals surface area contributed by atoms with Gasteiger partial charge in [-0.25, -0.2) is 0 Å². The van der Waals surface area contributed by atoms with Crippen molar-refractivity contribution in [2.75, 3.05) is 0 Å². The molecule has 2 nitrogen and oxygen atoms in total. The molecule has 0 unspecified atom stereocenters. The van der Waals surface area contributed by atoms with Crippen molar-refractivity contribution in [3.63, 3.8) is 0 Å². The molecule has 2 heteroatoms. The number of hydrogen-bond donors (Lipinski definition) is 0. The molecule has 0 aromatic heterocycles. The summed E-state index contributed by atoms with van der Waals surface area (Å²) in [4.78, 5) is 22.1. The Hall–Kier alpha value is -1.44. The maximum atomic E-state index is 11.0. The third-order valence-electron chi connectivity index (χ3n) is 4.03. The first-order valence-electron chi connectivity index (χ1n) is 8.35. The van der Waals surface area contributed by atoms with Crippen LogP contribution in [0.5, 0.6) is 0 Å². The summed E-state index contributed by atoms with van der Waals surface area (Å²) in [7, 11) is 0. The minimum absolute atomic E-state index is 0.666. The molecule has 0 aliphatic rings. The predicted molar refractivity (Wildman–Crippen MR) is 88.1 cm³/mol. The molecule has 0 N–H and O–H groups in total. The smallest absolute Gasteiger partial charge is 0.150 e. The van der Waals surface area contributed by atoms with E-state index in [9.17, 15) is 9.59 Å². The Morgan fingerprint density at radius 2 is 1.24 bits per heavy atom. The number of aldehydes is 2. The number of rotatable bonds is 12. The number of carbonyl (C=O) groups is 2. The molecule has 0 heterocycles. The van der Waals surface area contributed by atoms with Crippen LogP contribution >= 0.6 is 0 Å². The average molecular weight is 288 g/mol. The molecule has 0 radical (unpaired) electrons. The van der Waals surface area contributed by atoms with E-state index in [0.29, 0.717) is 11.1 Å². The first kappa shape index (κ1) is 17.6. The molecule has 0 atom stereocenters. The third-order valence-corrected chi connectivity index (χ3v) is 4.03. The summed E-state index contributed by atoms with van der Waals surface area (Å²) in [5.74, 6) is 0. The Morgan fingerprint density at radius 1 is 0.762 bits per heavy atom. The lowest BCUT2D eigenvalue weighted by atomic mass is 9.96. The predicted octanol–water partition coefficient (Wildman–Crippen LogP) is 5.38. The normalized spacial score (nSPS) is 10.5. The molecule has 0 saturated heterocycles. The van der Waals surface area contributed by atoms with Crippen LogP contribution in [0.25, 0.3) is 0 Å². The molecule has 1 aromatic rings. The van der Waals surface area contributed by atoms with Gasteiger partial charge in [0.05, 0.1) is 0 Å². The lowest BCUT2D eigenvalue weighted by Crippen LogP contribution is -1.99. The lowest BCUT2D eigenvalue weighted by molar-refractivity contribution is 0.112. The van der Waals surface area contributed by atoms with Crippen molar-refractivity contribution in [3.05, 3.63) is 34.9 Å². The molecule has 21 heavy (non-hydrogen) atoms. The zero-order chi connectivity index (χ0) is 15.3. The maximum Gasteiger partial charge on any atom is 0.150 e. The summed E-state index contributed by atoms with van der Waals surface area (Å²) < 4.78 is 0. The van der Waals surface area contributed by atoms with Crippen molar-refractivity contribution in [2.24, 2.45) is 0 Å². The van der Waals surface area contributed by atoms with Gasteiger partial charge in [0, 0.05) is 11.1 Å². The van der Waals surface area contributed by atoms with Crippen LogP contribution in [0.3, 0.4) is 0 Å². The van der Waals surface area contributed by atoms with Crippen LogP contribution in [0, 0.1) is 0 Å². The highest BCUT2D eigenvalue weighted by Crippen LogP contribution is 2.17. The summed E-state index contributed by atoms with van der Waals surface area (Å²) in [5, 5.41) is 0. The highest BCUT2D eigenvalue weighted by Gasteiger charge is 2.06. The summed E-state index contributed by atoms with van der Waals surface area (Å²) in [6.45, 7) is 2.24. The number of unbranched alkanes of at least 4 members (excludes halogenated alkanes) is 8. The van der Waals surface area contributed by atoms with Crippen molar-refractivity contribution < 1.29 is 9.59 Å². The van der Waals surface area contributed by atoms with Crippen LogP contribution in [0.1, 0.15) is 91.0 Å². The quantitative estimate of drug-likeness (QED) is 0.382. The van der Waals surface area contributed by atoms with Crippen molar-refractivity contribution >= 4 is 12.6 Å². The first-order chi connectivity index (χ1) is 10.3. The summed E-state index contributed by atoms with van der Waals surface area (Å²) in [5.41, 5.74) is 2.25. The zero-order valence-corrected chi connectivity index (χ0v) is 13.3. The van der Waals surface area contributed by atoms with Gasteiger partial charge in [-0.05, 0) is 18.4 Å². The van der Waals surface area contributed by atoms with E-state index in [2.05, 4.69) is 6.92 Å². The molecule has 1 rings (SSSR count). The van der Waals surface area contributed by atoms with Gasteiger partial charge in [-0.3, -0.25) is 9.59 Å². The molecular weight excluding hydrogens is 260 g/mol. The van der Waals surface area contributed by atoms with E-state index >= 15 is 0 Å². The van der Waals surface area contributed by atoms with Gasteiger partial charge in [-0.1, -0.05) is 76.5 Å². The van der Waals surface area contributed by atoms with Crippen molar-refractivity contribution in [1.82, 2.24) is 0 Å². The molecule has 0 saturated carbocycles. The van der Waals surface area contributed by atoms with E-state index in [4.69, 9.17) is 0 Å². The Kier molecular flexibility index (Phi) is 9.43. The molecule has 0 spiro atoms. The van der Waals surface area contributed by atoms with Gasteiger partial charge in [0.1, 0.15) is 12.6 Å². The summed E-state index contributed by atoms with van der Waals surface area (Å²) in [6, 6.07) is 5.36. The molecule has 116 valence electrons. The second-order valence-corrected chi connectivity index (χ2v) is 5.73. The van der Waals surface area contributed by atoms with E-state index in [0.717, 1.165) is 31.0 Å². The third kappa shape index (κ3) is 6.70. The van der Waals surface area contributed by atoms with Crippen molar-refractivity contribution in [1.29, 1.82) is 0 Å². The van der Waals surface area contributed by atoms with Crippen LogP contribution in [-0.4, -0.2) is 12.6 Å².